The Labute approximate surface area is 247 Å². The van der Waals surface area contributed by atoms with Crippen LogP contribution >= 0.6 is 0 Å². The first-order chi connectivity index (χ1) is 19.7. The molecule has 41 heavy (non-hydrogen) atoms. The fourth-order valence-corrected chi connectivity index (χ4v) is 4.91. The molecule has 2 aromatic rings. The number of Topliss-reactive ketones (excluding diaryl/α,β-unsaturated/α-hetero) is 2. The Morgan fingerprint density at radius 1 is 0.634 bits per heavy atom. The van der Waals surface area contributed by atoms with E-state index in [4.69, 9.17) is 4.74 Å². The van der Waals surface area contributed by atoms with E-state index in [-0.39, 0.29) is 11.6 Å². The first-order valence-corrected chi connectivity index (χ1v) is 14.9. The van der Waals surface area contributed by atoms with E-state index >= 15 is 0 Å². The van der Waals surface area contributed by atoms with Crippen molar-refractivity contribution in [2.24, 2.45) is 0 Å². The summed E-state index contributed by atoms with van der Waals surface area (Å²) in [6, 6.07) is 15.3. The van der Waals surface area contributed by atoms with E-state index in [1.54, 1.807) is 19.1 Å². The fraction of sp³-hybridized carbons (Fsp3) is 0.368. The minimum absolute atomic E-state index is 0.0147. The minimum atomic E-state index is -0.0286. The van der Waals surface area contributed by atoms with Gasteiger partial charge in [0.05, 0.1) is 0 Å². The van der Waals surface area contributed by atoms with Gasteiger partial charge in [-0.1, -0.05) is 83.0 Å². The third-order valence-electron chi connectivity index (χ3n) is 7.72. The van der Waals surface area contributed by atoms with E-state index in [0.29, 0.717) is 35.3 Å². The SMILES string of the molecule is CC1=C(C/C=C(\C)CC/C=C(\C)CC/C=C(\C)CC/C=C(\C)COc2ccc(C)cc2)C(=O)c2ccccc2C1=O. The van der Waals surface area contributed by atoms with Crippen molar-refractivity contribution in [2.45, 2.75) is 86.5 Å². The highest BCUT2D eigenvalue weighted by atomic mass is 16.5. The molecule has 0 fully saturated rings. The van der Waals surface area contributed by atoms with Crippen LogP contribution in [0.3, 0.4) is 0 Å². The number of benzene rings is 2. The molecule has 3 rings (SSSR count). The third kappa shape index (κ3) is 10.0. The summed E-state index contributed by atoms with van der Waals surface area (Å²) in [7, 11) is 0. The predicted molar refractivity (Wildman–Crippen MR) is 172 cm³/mol. The first-order valence-electron chi connectivity index (χ1n) is 14.9. The van der Waals surface area contributed by atoms with Crippen LogP contribution in [0, 0.1) is 6.92 Å². The summed E-state index contributed by atoms with van der Waals surface area (Å²) in [5.41, 5.74) is 8.86. The van der Waals surface area contributed by atoms with Gasteiger partial charge in [-0.2, -0.15) is 0 Å². The van der Waals surface area contributed by atoms with Crippen LogP contribution in [0.2, 0.25) is 0 Å². The second-order valence-electron chi connectivity index (χ2n) is 11.4. The maximum Gasteiger partial charge on any atom is 0.190 e. The summed E-state index contributed by atoms with van der Waals surface area (Å²) in [6.45, 7) is 13.2. The van der Waals surface area contributed by atoms with Gasteiger partial charge in [0, 0.05) is 22.3 Å². The smallest absolute Gasteiger partial charge is 0.190 e. The number of rotatable bonds is 14. The maximum absolute atomic E-state index is 12.9. The molecule has 0 atom stereocenters. The molecule has 0 saturated carbocycles. The molecule has 0 radical (unpaired) electrons. The number of ether oxygens (including phenoxy) is 1. The standard InChI is InChI=1S/C38H46O3/c1-27(12-9-13-28(2)15-11-17-31(5)26-41-33-23-20-30(4)21-24-33)14-10-16-29(3)22-25-34-32(6)37(39)35-18-7-8-19-36(35)38(34)40/h7-8,13-14,17-24H,9-12,15-16,25-26H2,1-6H3/b27-14+,28-13+,29-22+,31-17+. The second-order valence-corrected chi connectivity index (χ2v) is 11.4. The van der Waals surface area contributed by atoms with E-state index in [9.17, 15) is 9.59 Å². The highest BCUT2D eigenvalue weighted by Gasteiger charge is 2.28. The molecule has 216 valence electrons. The number of hydrogen-bond acceptors (Lipinski definition) is 3. The average Bonchev–Trinajstić information content (AvgIpc) is 2.95. The molecule has 1 aliphatic rings. The van der Waals surface area contributed by atoms with Crippen LogP contribution in [-0.2, 0) is 0 Å². The average molecular weight is 551 g/mol. The summed E-state index contributed by atoms with van der Waals surface area (Å²) in [6.07, 6.45) is 15.8. The number of fused-ring (bicyclic) bond motifs is 1. The van der Waals surface area contributed by atoms with Gasteiger partial charge in [0.25, 0.3) is 0 Å². The topological polar surface area (TPSA) is 43.4 Å². The van der Waals surface area contributed by atoms with Gasteiger partial charge < -0.3 is 4.74 Å². The highest BCUT2D eigenvalue weighted by molar-refractivity contribution is 6.26. The molecule has 2 aromatic carbocycles. The van der Waals surface area contributed by atoms with Crippen molar-refractivity contribution in [3.8, 4) is 5.75 Å². The Morgan fingerprint density at radius 2 is 1.12 bits per heavy atom. The lowest BCUT2D eigenvalue weighted by atomic mass is 9.83. The van der Waals surface area contributed by atoms with E-state index in [1.165, 1.54) is 27.9 Å². The predicted octanol–water partition coefficient (Wildman–Crippen LogP) is 10.3. The third-order valence-corrected chi connectivity index (χ3v) is 7.72. The van der Waals surface area contributed by atoms with E-state index in [2.05, 4.69) is 71.1 Å². The monoisotopic (exact) mass is 550 g/mol. The zero-order valence-electron chi connectivity index (χ0n) is 25.8. The lowest BCUT2D eigenvalue weighted by Gasteiger charge is -2.18. The summed E-state index contributed by atoms with van der Waals surface area (Å²) in [5.74, 6) is 0.875. The molecule has 0 unspecified atom stereocenters. The number of ketones is 2. The molecular weight excluding hydrogens is 504 g/mol. The Hall–Kier alpha value is -3.72. The van der Waals surface area contributed by atoms with Gasteiger partial charge in [-0.25, -0.2) is 0 Å². The van der Waals surface area contributed by atoms with Gasteiger partial charge in [-0.15, -0.1) is 0 Å². The largest absolute Gasteiger partial charge is 0.489 e. The van der Waals surface area contributed by atoms with E-state index in [1.807, 2.05) is 24.3 Å². The Balaban J connectivity index is 1.36. The summed E-state index contributed by atoms with van der Waals surface area (Å²) in [4.78, 5) is 25.6. The van der Waals surface area contributed by atoms with Crippen molar-refractivity contribution >= 4 is 11.6 Å². The molecule has 0 bridgehead atoms. The number of carbonyl (C=O) groups excluding carboxylic acids is 2. The van der Waals surface area contributed by atoms with Crippen molar-refractivity contribution in [1.29, 1.82) is 0 Å². The Morgan fingerprint density at radius 3 is 1.68 bits per heavy atom. The molecular formula is C38H46O3. The minimum Gasteiger partial charge on any atom is -0.489 e. The molecule has 0 aromatic heterocycles. The van der Waals surface area contributed by atoms with Crippen LogP contribution in [0.5, 0.6) is 5.75 Å². The number of allylic oxidation sites excluding steroid dienone is 9. The van der Waals surface area contributed by atoms with E-state index < -0.39 is 0 Å². The van der Waals surface area contributed by atoms with Gasteiger partial charge in [-0.3, -0.25) is 9.59 Å². The molecule has 3 nitrogen and oxygen atoms in total. The summed E-state index contributed by atoms with van der Waals surface area (Å²) < 4.78 is 5.86. The van der Waals surface area contributed by atoms with E-state index in [0.717, 1.165) is 44.3 Å². The van der Waals surface area contributed by atoms with Gasteiger partial charge in [0.2, 0.25) is 0 Å². The maximum atomic E-state index is 12.9. The number of aryl methyl sites for hydroxylation is 1. The molecule has 3 heteroatoms. The van der Waals surface area contributed by atoms with Crippen molar-refractivity contribution in [3.63, 3.8) is 0 Å². The van der Waals surface area contributed by atoms with Crippen molar-refractivity contribution in [2.75, 3.05) is 6.61 Å². The normalized spacial score (nSPS) is 15.0. The van der Waals surface area contributed by atoms with Gasteiger partial charge in [0.15, 0.2) is 11.6 Å². The zero-order valence-corrected chi connectivity index (χ0v) is 25.8. The lowest BCUT2D eigenvalue weighted by Crippen LogP contribution is -2.20. The second kappa shape index (κ2) is 15.9. The molecule has 0 heterocycles. The van der Waals surface area contributed by atoms with Crippen LogP contribution in [-0.4, -0.2) is 18.2 Å². The van der Waals surface area contributed by atoms with Crippen LogP contribution in [0.15, 0.2) is 106 Å². The highest BCUT2D eigenvalue weighted by Crippen LogP contribution is 2.28. The van der Waals surface area contributed by atoms with Crippen molar-refractivity contribution in [1.82, 2.24) is 0 Å². The van der Waals surface area contributed by atoms with Gasteiger partial charge in [-0.05, 0) is 104 Å². The van der Waals surface area contributed by atoms with Gasteiger partial charge >= 0.3 is 0 Å². The van der Waals surface area contributed by atoms with Crippen LogP contribution in [0.25, 0.3) is 0 Å². The quantitative estimate of drug-likeness (QED) is 0.220. The molecule has 0 N–H and O–H groups in total. The summed E-state index contributed by atoms with van der Waals surface area (Å²) >= 11 is 0. The number of carbonyl (C=O) groups is 2. The van der Waals surface area contributed by atoms with Crippen LogP contribution < -0.4 is 4.74 Å². The molecule has 0 amide bonds. The van der Waals surface area contributed by atoms with Gasteiger partial charge in [0.1, 0.15) is 12.4 Å². The van der Waals surface area contributed by atoms with Crippen molar-refractivity contribution < 1.29 is 14.3 Å². The van der Waals surface area contributed by atoms with Crippen molar-refractivity contribution in [3.05, 3.63) is 123 Å². The Kier molecular flexibility index (Phi) is 12.3. The van der Waals surface area contributed by atoms with Crippen LogP contribution in [0.1, 0.15) is 106 Å². The molecule has 0 aliphatic heterocycles. The molecule has 1 aliphatic carbocycles. The first kappa shape index (κ1) is 31.8. The fourth-order valence-electron chi connectivity index (χ4n) is 4.91. The molecule has 0 saturated heterocycles. The summed E-state index contributed by atoms with van der Waals surface area (Å²) in [5, 5.41) is 0. The van der Waals surface area contributed by atoms with Crippen LogP contribution in [0.4, 0.5) is 0 Å². The lowest BCUT2D eigenvalue weighted by molar-refractivity contribution is 0.0973. The molecule has 0 spiro atoms. The number of hydrogen-bond donors (Lipinski definition) is 0. The zero-order chi connectivity index (χ0) is 29.8. The Bertz CT molecular complexity index is 1380.